The topological polar surface area (TPSA) is 46.3 Å². The maximum Gasteiger partial charge on any atom is 0.254 e. The molecule has 0 aliphatic carbocycles. The average molecular weight is 270 g/mol. The number of carbonyl (C=O) groups is 1. The minimum Gasteiger partial charge on any atom is -0.338 e. The highest BCUT2D eigenvalue weighted by Gasteiger charge is 2.26. The van der Waals surface area contributed by atoms with Crippen LogP contribution in [0.2, 0.25) is 0 Å². The van der Waals surface area contributed by atoms with Crippen LogP contribution >= 0.6 is 0 Å². The van der Waals surface area contributed by atoms with E-state index in [2.05, 4.69) is 18.8 Å². The maximum absolute atomic E-state index is 12.6. The van der Waals surface area contributed by atoms with Gasteiger partial charge in [-0.05, 0) is 37.0 Å². The van der Waals surface area contributed by atoms with Crippen molar-refractivity contribution in [2.45, 2.75) is 26.7 Å². The van der Waals surface area contributed by atoms with Crippen LogP contribution in [-0.4, -0.2) is 30.4 Å². The van der Waals surface area contributed by atoms with E-state index < -0.39 is 0 Å². The van der Waals surface area contributed by atoms with E-state index >= 15 is 0 Å². The highest BCUT2D eigenvalue weighted by Crippen LogP contribution is 2.22. The van der Waals surface area contributed by atoms with Crippen molar-refractivity contribution in [2.75, 3.05) is 19.6 Å². The number of carbonyl (C=O) groups excluding carboxylic acids is 1. The molecule has 1 atom stereocenters. The lowest BCUT2D eigenvalue weighted by atomic mass is 10.0. The van der Waals surface area contributed by atoms with Gasteiger partial charge in [0.15, 0.2) is 0 Å². The third-order valence-corrected chi connectivity index (χ3v) is 3.95. The van der Waals surface area contributed by atoms with Gasteiger partial charge in [0.05, 0.1) is 6.54 Å². The zero-order valence-electron chi connectivity index (χ0n) is 12.3. The van der Waals surface area contributed by atoms with E-state index in [-0.39, 0.29) is 5.91 Å². The van der Waals surface area contributed by atoms with Gasteiger partial charge in [0.2, 0.25) is 0 Å². The normalized spacial score (nSPS) is 17.8. The number of benzene rings is 1. The quantitative estimate of drug-likeness (QED) is 0.837. The molecule has 1 fully saturated rings. The van der Waals surface area contributed by atoms with Gasteiger partial charge in [-0.15, -0.1) is 0 Å². The van der Waals surface area contributed by atoms with Gasteiger partial charge in [-0.2, -0.15) is 0 Å². The summed E-state index contributed by atoms with van der Waals surface area (Å²) < 4.78 is 0. The number of hydrogen-bond acceptors (Lipinski definition) is 2. The molecule has 0 radical (unpaired) electrons. The van der Waals surface area contributed by atoms with Crippen molar-refractivity contribution >= 4 is 5.91 Å². The average Bonchev–Trinajstić information content (AvgIpc) is 2.94. The van der Waals surface area contributed by atoms with Gasteiger partial charge < -0.3 is 10.6 Å². The molecule has 1 aliphatic heterocycles. The first-order valence-corrected chi connectivity index (χ1v) is 7.24. The number of hydrogen-bond donors (Lipinski definition) is 1. The molecule has 1 amide bonds. The molecule has 0 saturated carbocycles. The summed E-state index contributed by atoms with van der Waals surface area (Å²) >= 11 is 0. The second-order valence-corrected chi connectivity index (χ2v) is 5.35. The van der Waals surface area contributed by atoms with Crippen LogP contribution < -0.4 is 5.73 Å². The monoisotopic (exact) mass is 270 g/mol. The Kier molecular flexibility index (Phi) is 4.81. The van der Waals surface area contributed by atoms with Gasteiger partial charge in [-0.1, -0.05) is 31.3 Å². The van der Waals surface area contributed by atoms with E-state index in [9.17, 15) is 4.79 Å². The Bertz CT molecular complexity index is 554. The van der Waals surface area contributed by atoms with Gasteiger partial charge >= 0.3 is 0 Å². The highest BCUT2D eigenvalue weighted by molar-refractivity contribution is 5.96. The molecule has 3 nitrogen and oxygen atoms in total. The fourth-order valence-electron chi connectivity index (χ4n) is 2.60. The van der Waals surface area contributed by atoms with Crippen molar-refractivity contribution in [1.29, 1.82) is 0 Å². The molecule has 1 aromatic carbocycles. The van der Waals surface area contributed by atoms with Gasteiger partial charge in [0.25, 0.3) is 5.91 Å². The third-order valence-electron chi connectivity index (χ3n) is 3.95. The predicted molar refractivity (Wildman–Crippen MR) is 81.4 cm³/mol. The SMILES string of the molecule is CCC1CCN(C(=O)c2cc(C#CCN)ccc2C)C1. The molecular formula is C17H22N2O. The summed E-state index contributed by atoms with van der Waals surface area (Å²) in [4.78, 5) is 14.6. The zero-order valence-corrected chi connectivity index (χ0v) is 12.3. The molecule has 2 N–H and O–H groups in total. The second kappa shape index (κ2) is 6.58. The highest BCUT2D eigenvalue weighted by atomic mass is 16.2. The summed E-state index contributed by atoms with van der Waals surface area (Å²) in [5.74, 6) is 6.61. The summed E-state index contributed by atoms with van der Waals surface area (Å²) in [7, 11) is 0. The Morgan fingerprint density at radius 1 is 1.50 bits per heavy atom. The van der Waals surface area contributed by atoms with Crippen LogP contribution in [-0.2, 0) is 0 Å². The molecule has 0 aromatic heterocycles. The lowest BCUT2D eigenvalue weighted by Crippen LogP contribution is -2.29. The molecule has 1 unspecified atom stereocenters. The smallest absolute Gasteiger partial charge is 0.254 e. The van der Waals surface area contributed by atoms with Crippen molar-refractivity contribution in [1.82, 2.24) is 4.90 Å². The van der Waals surface area contributed by atoms with Gasteiger partial charge in [0.1, 0.15) is 0 Å². The first-order valence-electron chi connectivity index (χ1n) is 7.24. The fraction of sp³-hybridized carbons (Fsp3) is 0.471. The molecule has 0 bridgehead atoms. The van der Waals surface area contributed by atoms with Crippen LogP contribution in [0.25, 0.3) is 0 Å². The Hall–Kier alpha value is -1.79. The van der Waals surface area contributed by atoms with E-state index in [1.165, 1.54) is 0 Å². The van der Waals surface area contributed by atoms with E-state index in [0.717, 1.165) is 42.6 Å². The van der Waals surface area contributed by atoms with Crippen LogP contribution in [0.15, 0.2) is 18.2 Å². The number of aryl methyl sites for hydroxylation is 1. The van der Waals surface area contributed by atoms with E-state index in [1.807, 2.05) is 30.0 Å². The van der Waals surface area contributed by atoms with Crippen LogP contribution in [0, 0.1) is 24.7 Å². The number of amides is 1. The summed E-state index contributed by atoms with van der Waals surface area (Å²) in [5, 5.41) is 0. The minimum atomic E-state index is 0.134. The Labute approximate surface area is 121 Å². The number of nitrogens with zero attached hydrogens (tertiary/aromatic N) is 1. The third kappa shape index (κ3) is 3.20. The standard InChI is InChI=1S/C17H22N2O/c1-3-14-8-10-19(12-14)17(20)16-11-15(5-4-9-18)7-6-13(16)2/h6-7,11,14H,3,8-10,12,18H2,1-2H3. The molecule has 106 valence electrons. The predicted octanol–water partition coefficient (Wildman–Crippen LogP) is 2.18. The molecule has 2 rings (SSSR count). The lowest BCUT2D eigenvalue weighted by Gasteiger charge is -2.17. The molecule has 1 aliphatic rings. The van der Waals surface area contributed by atoms with Crippen molar-refractivity contribution in [3.05, 3.63) is 34.9 Å². The van der Waals surface area contributed by atoms with Crippen molar-refractivity contribution in [2.24, 2.45) is 11.7 Å². The second-order valence-electron chi connectivity index (χ2n) is 5.35. The van der Waals surface area contributed by atoms with Gasteiger partial charge in [0, 0.05) is 24.2 Å². The van der Waals surface area contributed by atoms with Crippen molar-refractivity contribution in [3.63, 3.8) is 0 Å². The number of rotatable bonds is 2. The fourth-order valence-corrected chi connectivity index (χ4v) is 2.60. The molecular weight excluding hydrogens is 248 g/mol. The maximum atomic E-state index is 12.6. The van der Waals surface area contributed by atoms with Crippen molar-refractivity contribution < 1.29 is 4.79 Å². The van der Waals surface area contributed by atoms with Gasteiger partial charge in [-0.3, -0.25) is 4.79 Å². The first-order chi connectivity index (χ1) is 9.65. The molecule has 1 heterocycles. The summed E-state index contributed by atoms with van der Waals surface area (Å²) in [6.45, 7) is 6.25. The Balaban J connectivity index is 2.21. The molecule has 0 spiro atoms. The van der Waals surface area contributed by atoms with E-state index in [0.29, 0.717) is 12.5 Å². The van der Waals surface area contributed by atoms with Gasteiger partial charge in [-0.25, -0.2) is 0 Å². The largest absolute Gasteiger partial charge is 0.338 e. The lowest BCUT2D eigenvalue weighted by molar-refractivity contribution is 0.0786. The van der Waals surface area contributed by atoms with Crippen LogP contribution in [0.5, 0.6) is 0 Å². The summed E-state index contributed by atoms with van der Waals surface area (Å²) in [6, 6.07) is 5.79. The van der Waals surface area contributed by atoms with Crippen LogP contribution in [0.4, 0.5) is 0 Å². The molecule has 1 saturated heterocycles. The summed E-state index contributed by atoms with van der Waals surface area (Å²) in [5.41, 5.74) is 8.02. The van der Waals surface area contributed by atoms with Crippen molar-refractivity contribution in [3.8, 4) is 11.8 Å². The van der Waals surface area contributed by atoms with Crippen LogP contribution in [0.1, 0.15) is 41.3 Å². The van der Waals surface area contributed by atoms with E-state index in [1.54, 1.807) is 0 Å². The Morgan fingerprint density at radius 2 is 2.30 bits per heavy atom. The van der Waals surface area contributed by atoms with E-state index in [4.69, 9.17) is 5.73 Å². The molecule has 1 aromatic rings. The molecule has 20 heavy (non-hydrogen) atoms. The number of nitrogens with two attached hydrogens (primary N) is 1. The molecule has 3 heteroatoms. The zero-order chi connectivity index (χ0) is 14.5. The number of likely N-dealkylation sites (tertiary alicyclic amines) is 1. The van der Waals surface area contributed by atoms with Crippen LogP contribution in [0.3, 0.4) is 0 Å². The Morgan fingerprint density at radius 3 is 2.95 bits per heavy atom. The first kappa shape index (κ1) is 14.6. The minimum absolute atomic E-state index is 0.134. The summed E-state index contributed by atoms with van der Waals surface area (Å²) in [6.07, 6.45) is 2.26.